The van der Waals surface area contributed by atoms with E-state index in [1.807, 2.05) is 53.5 Å². The lowest BCUT2D eigenvalue weighted by Gasteiger charge is -2.19. The van der Waals surface area contributed by atoms with Crippen LogP contribution in [-0.2, 0) is 6.54 Å². The van der Waals surface area contributed by atoms with Crippen LogP contribution in [0.3, 0.4) is 0 Å². The van der Waals surface area contributed by atoms with Gasteiger partial charge in [0.15, 0.2) is 0 Å². The minimum absolute atomic E-state index is 0.164. The minimum atomic E-state index is -0.164. The molecule has 0 radical (unpaired) electrons. The lowest BCUT2D eigenvalue weighted by Crippen LogP contribution is -2.31. The zero-order valence-corrected chi connectivity index (χ0v) is 14.2. The summed E-state index contributed by atoms with van der Waals surface area (Å²) in [5.74, 6) is -0.164. The molecular formula is C16H16N4OS2. The number of hydrogen-bond acceptors (Lipinski definition) is 5. The van der Waals surface area contributed by atoms with Gasteiger partial charge in [-0.15, -0.1) is 11.3 Å². The number of nitrogens with zero attached hydrogens (tertiary/aromatic N) is 3. The highest BCUT2D eigenvalue weighted by Gasteiger charge is 2.18. The van der Waals surface area contributed by atoms with Crippen molar-refractivity contribution in [3.8, 4) is 0 Å². The molecule has 1 amide bonds. The summed E-state index contributed by atoms with van der Waals surface area (Å²) >= 11 is 3.02. The molecule has 2 aromatic heterocycles. The van der Waals surface area contributed by atoms with E-state index in [1.165, 1.54) is 23.1 Å². The fraction of sp³-hybridized carbons (Fsp3) is 0.188. The van der Waals surface area contributed by atoms with Crippen LogP contribution >= 0.6 is 23.1 Å². The van der Waals surface area contributed by atoms with Gasteiger partial charge in [-0.25, -0.2) is 4.98 Å². The standard InChI is InChI=1S/C16H16N4OS2/c1-22-16-19-14(11-23-16)15(21)18-13(10-20-9-5-8-17-20)12-6-3-2-4-7-12/h2-9,11,13H,10H2,1H3,(H,18,21). The third-order valence-electron chi connectivity index (χ3n) is 3.33. The van der Waals surface area contributed by atoms with Gasteiger partial charge in [0.25, 0.3) is 5.91 Å². The Morgan fingerprint density at radius 1 is 1.35 bits per heavy atom. The molecule has 2 heterocycles. The van der Waals surface area contributed by atoms with Crippen LogP contribution in [0.5, 0.6) is 0 Å². The van der Waals surface area contributed by atoms with Crippen LogP contribution in [0, 0.1) is 0 Å². The van der Waals surface area contributed by atoms with Crippen molar-refractivity contribution in [3.63, 3.8) is 0 Å². The number of thiazole rings is 1. The Balaban J connectivity index is 1.79. The van der Waals surface area contributed by atoms with E-state index in [4.69, 9.17) is 0 Å². The molecule has 0 aliphatic heterocycles. The first-order valence-corrected chi connectivity index (χ1v) is 9.19. The number of hydrogen-bond donors (Lipinski definition) is 1. The van der Waals surface area contributed by atoms with E-state index in [9.17, 15) is 4.79 Å². The molecular weight excluding hydrogens is 328 g/mol. The van der Waals surface area contributed by atoms with Gasteiger partial charge in [-0.05, 0) is 17.9 Å². The Labute approximate surface area is 142 Å². The Hall–Kier alpha value is -2.12. The Morgan fingerprint density at radius 2 is 2.17 bits per heavy atom. The van der Waals surface area contributed by atoms with Crippen LogP contribution in [0.2, 0.25) is 0 Å². The summed E-state index contributed by atoms with van der Waals surface area (Å²) < 4.78 is 2.70. The highest BCUT2D eigenvalue weighted by molar-refractivity contribution is 8.00. The van der Waals surface area contributed by atoms with Gasteiger partial charge >= 0.3 is 0 Å². The van der Waals surface area contributed by atoms with Gasteiger partial charge in [0.1, 0.15) is 10.0 Å². The van der Waals surface area contributed by atoms with Crippen molar-refractivity contribution in [1.82, 2.24) is 20.1 Å². The quantitative estimate of drug-likeness (QED) is 0.698. The third-order valence-corrected chi connectivity index (χ3v) is 5.19. The molecule has 0 aliphatic carbocycles. The SMILES string of the molecule is CSc1nc(C(=O)NC(Cn2cccn2)c2ccccc2)cs1. The van der Waals surface area contributed by atoms with Gasteiger partial charge in [0.2, 0.25) is 0 Å². The van der Waals surface area contributed by atoms with Crippen LogP contribution in [0.25, 0.3) is 0 Å². The first kappa shape index (κ1) is 15.8. The van der Waals surface area contributed by atoms with Crippen molar-refractivity contribution < 1.29 is 4.79 Å². The molecule has 0 bridgehead atoms. The van der Waals surface area contributed by atoms with Gasteiger partial charge in [-0.3, -0.25) is 9.48 Å². The molecule has 0 aliphatic rings. The zero-order valence-electron chi connectivity index (χ0n) is 12.5. The van der Waals surface area contributed by atoms with Crippen molar-refractivity contribution in [3.05, 3.63) is 65.4 Å². The highest BCUT2D eigenvalue weighted by Crippen LogP contribution is 2.21. The number of carbonyl (C=O) groups is 1. The molecule has 1 aromatic carbocycles. The number of aromatic nitrogens is 3. The Morgan fingerprint density at radius 3 is 2.83 bits per heavy atom. The van der Waals surface area contributed by atoms with Crippen molar-refractivity contribution in [2.24, 2.45) is 0 Å². The highest BCUT2D eigenvalue weighted by atomic mass is 32.2. The fourth-order valence-electron chi connectivity index (χ4n) is 2.20. The summed E-state index contributed by atoms with van der Waals surface area (Å²) in [6.07, 6.45) is 5.57. The molecule has 0 saturated carbocycles. The van der Waals surface area contributed by atoms with Crippen LogP contribution < -0.4 is 5.32 Å². The number of rotatable bonds is 6. The first-order chi connectivity index (χ1) is 11.3. The van der Waals surface area contributed by atoms with Gasteiger partial charge in [-0.1, -0.05) is 42.1 Å². The van der Waals surface area contributed by atoms with Crippen molar-refractivity contribution >= 4 is 29.0 Å². The van der Waals surface area contributed by atoms with E-state index in [2.05, 4.69) is 15.4 Å². The second-order valence-corrected chi connectivity index (χ2v) is 6.78. The lowest BCUT2D eigenvalue weighted by molar-refractivity contribution is 0.0927. The molecule has 118 valence electrons. The van der Waals surface area contributed by atoms with Gasteiger partial charge in [0, 0.05) is 17.8 Å². The molecule has 3 aromatic rings. The Kier molecular flexibility index (Phi) is 5.09. The largest absolute Gasteiger partial charge is 0.342 e. The smallest absolute Gasteiger partial charge is 0.271 e. The molecule has 1 atom stereocenters. The second kappa shape index (κ2) is 7.43. The predicted octanol–water partition coefficient (Wildman–Crippen LogP) is 3.23. The summed E-state index contributed by atoms with van der Waals surface area (Å²) in [4.78, 5) is 16.8. The summed E-state index contributed by atoms with van der Waals surface area (Å²) in [5, 5.41) is 9.08. The van der Waals surface area contributed by atoms with Gasteiger partial charge in [-0.2, -0.15) is 5.10 Å². The van der Waals surface area contributed by atoms with Crippen molar-refractivity contribution in [2.75, 3.05) is 6.26 Å². The lowest BCUT2D eigenvalue weighted by atomic mass is 10.1. The van der Waals surface area contributed by atoms with E-state index in [0.717, 1.165) is 9.90 Å². The monoisotopic (exact) mass is 344 g/mol. The molecule has 0 saturated heterocycles. The normalized spacial score (nSPS) is 12.0. The van der Waals surface area contributed by atoms with Crippen LogP contribution in [0.4, 0.5) is 0 Å². The molecule has 23 heavy (non-hydrogen) atoms. The average molecular weight is 344 g/mol. The molecule has 0 spiro atoms. The van der Waals surface area contributed by atoms with E-state index in [0.29, 0.717) is 12.2 Å². The zero-order chi connectivity index (χ0) is 16.1. The predicted molar refractivity (Wildman–Crippen MR) is 92.8 cm³/mol. The summed E-state index contributed by atoms with van der Waals surface area (Å²) in [7, 11) is 0. The van der Waals surface area contributed by atoms with E-state index in [1.54, 1.807) is 11.6 Å². The minimum Gasteiger partial charge on any atom is -0.342 e. The number of amides is 1. The summed E-state index contributed by atoms with van der Waals surface area (Å²) in [5.41, 5.74) is 1.50. The fourth-order valence-corrected chi connectivity index (χ4v) is 3.44. The maximum absolute atomic E-state index is 12.5. The molecule has 3 rings (SSSR count). The van der Waals surface area contributed by atoms with Crippen LogP contribution in [0.15, 0.2) is 58.5 Å². The van der Waals surface area contributed by atoms with E-state index in [-0.39, 0.29) is 11.9 Å². The number of benzene rings is 1. The number of nitrogens with one attached hydrogen (secondary N) is 1. The second-order valence-electron chi connectivity index (χ2n) is 4.87. The van der Waals surface area contributed by atoms with E-state index < -0.39 is 0 Å². The maximum atomic E-state index is 12.5. The van der Waals surface area contributed by atoms with Gasteiger partial charge in [0.05, 0.1) is 12.6 Å². The number of thioether (sulfide) groups is 1. The van der Waals surface area contributed by atoms with E-state index >= 15 is 0 Å². The van der Waals surface area contributed by atoms with Crippen LogP contribution in [-0.4, -0.2) is 26.9 Å². The molecule has 7 heteroatoms. The summed E-state index contributed by atoms with van der Waals surface area (Å²) in [6, 6.07) is 11.6. The first-order valence-electron chi connectivity index (χ1n) is 7.09. The maximum Gasteiger partial charge on any atom is 0.271 e. The molecule has 1 unspecified atom stereocenters. The van der Waals surface area contributed by atoms with Gasteiger partial charge < -0.3 is 5.32 Å². The number of carbonyl (C=O) groups excluding carboxylic acids is 1. The Bertz CT molecular complexity index is 756. The molecule has 5 nitrogen and oxygen atoms in total. The topological polar surface area (TPSA) is 59.8 Å². The third kappa shape index (κ3) is 4.00. The van der Waals surface area contributed by atoms with Crippen molar-refractivity contribution in [2.45, 2.75) is 16.9 Å². The summed E-state index contributed by atoms with van der Waals surface area (Å²) in [6.45, 7) is 0.572. The van der Waals surface area contributed by atoms with Crippen LogP contribution in [0.1, 0.15) is 22.1 Å². The van der Waals surface area contributed by atoms with Crippen molar-refractivity contribution in [1.29, 1.82) is 0 Å². The average Bonchev–Trinajstić information content (AvgIpc) is 3.26. The molecule has 1 N–H and O–H groups in total. The molecule has 0 fully saturated rings.